The molecule has 1 heteroatoms. The predicted molar refractivity (Wildman–Crippen MR) is 218 cm³/mol. The van der Waals surface area contributed by atoms with Crippen molar-refractivity contribution >= 4 is 64.6 Å². The van der Waals surface area contributed by atoms with E-state index in [4.69, 9.17) is 0 Å². The molecule has 51 heavy (non-hydrogen) atoms. The minimum atomic E-state index is -0.148. The van der Waals surface area contributed by atoms with Gasteiger partial charge in [-0.2, -0.15) is 0 Å². The number of hydrogen-bond donors (Lipinski definition) is 1. The zero-order valence-corrected chi connectivity index (χ0v) is 29.1. The van der Waals surface area contributed by atoms with E-state index < -0.39 is 0 Å². The lowest BCUT2D eigenvalue weighted by atomic mass is 9.80. The first kappa shape index (κ1) is 29.0. The van der Waals surface area contributed by atoms with Gasteiger partial charge in [-0.3, -0.25) is 0 Å². The maximum atomic E-state index is 9.60. The lowest BCUT2D eigenvalue weighted by Gasteiger charge is -2.23. The minimum Gasteiger partial charge on any atom is -0.396 e. The van der Waals surface area contributed by atoms with E-state index in [2.05, 4.69) is 154 Å². The molecular weight excluding hydrogens is 617 g/mol. The van der Waals surface area contributed by atoms with Gasteiger partial charge >= 0.3 is 0 Å². The van der Waals surface area contributed by atoms with Crippen LogP contribution >= 0.6 is 0 Å². The summed E-state index contributed by atoms with van der Waals surface area (Å²) >= 11 is 0. The largest absolute Gasteiger partial charge is 0.396 e. The van der Waals surface area contributed by atoms with E-state index in [9.17, 15) is 5.11 Å². The fourth-order valence-electron chi connectivity index (χ4n) is 9.71. The Balaban J connectivity index is 1.04. The molecule has 1 aliphatic rings. The first-order chi connectivity index (χ1) is 24.9. The summed E-state index contributed by atoms with van der Waals surface area (Å²) in [6.45, 7) is 7.14. The summed E-state index contributed by atoms with van der Waals surface area (Å²) in [5.41, 5.74) is 12.9. The van der Waals surface area contributed by atoms with Crippen LogP contribution in [-0.4, -0.2) is 11.7 Å². The van der Waals surface area contributed by atoms with Crippen molar-refractivity contribution in [1.29, 1.82) is 0 Å². The third-order valence-electron chi connectivity index (χ3n) is 12.1. The molecule has 242 valence electrons. The summed E-state index contributed by atoms with van der Waals surface area (Å²) in [6, 6.07) is 50.9. The second-order valence-electron chi connectivity index (χ2n) is 15.4. The molecule has 0 amide bonds. The Morgan fingerprint density at radius 3 is 1.33 bits per heavy atom. The van der Waals surface area contributed by atoms with Crippen molar-refractivity contribution in [3.05, 3.63) is 156 Å². The molecule has 0 radical (unpaired) electrons. The second-order valence-corrected chi connectivity index (χ2v) is 15.4. The third-order valence-corrected chi connectivity index (χ3v) is 12.1. The molecule has 1 aliphatic carbocycles. The maximum absolute atomic E-state index is 9.60. The summed E-state index contributed by atoms with van der Waals surface area (Å²) in [4.78, 5) is 0. The zero-order chi connectivity index (χ0) is 34.2. The number of aliphatic hydroxyl groups excluding tert-OH is 1. The Morgan fingerprint density at radius 2 is 0.843 bits per heavy atom. The lowest BCUT2D eigenvalue weighted by Crippen LogP contribution is -2.15. The van der Waals surface area contributed by atoms with E-state index >= 15 is 0 Å². The second kappa shape index (κ2) is 10.2. The number of aryl methyl sites for hydroxylation is 1. The van der Waals surface area contributed by atoms with Crippen LogP contribution in [0.3, 0.4) is 0 Å². The van der Waals surface area contributed by atoms with E-state index in [0.29, 0.717) is 6.42 Å². The maximum Gasteiger partial charge on any atom is 0.0471 e. The fourth-order valence-corrected chi connectivity index (χ4v) is 9.71. The van der Waals surface area contributed by atoms with Gasteiger partial charge < -0.3 is 5.11 Å². The molecule has 0 saturated heterocycles. The number of hydrogen-bond acceptors (Lipinski definition) is 1. The number of rotatable bonds is 4. The zero-order valence-electron chi connectivity index (χ0n) is 29.1. The first-order valence-corrected chi connectivity index (χ1v) is 18.2. The van der Waals surface area contributed by atoms with Gasteiger partial charge in [0.05, 0.1) is 0 Å². The van der Waals surface area contributed by atoms with Gasteiger partial charge in [0.1, 0.15) is 0 Å². The van der Waals surface area contributed by atoms with Gasteiger partial charge in [-0.05, 0) is 146 Å². The molecule has 10 aromatic carbocycles. The topological polar surface area (TPSA) is 20.2 Å². The molecule has 0 aromatic heterocycles. The van der Waals surface area contributed by atoms with Crippen LogP contribution in [0.25, 0.3) is 98.0 Å². The quantitative estimate of drug-likeness (QED) is 0.188. The molecule has 0 atom stereocenters. The van der Waals surface area contributed by atoms with Crippen molar-refractivity contribution in [2.75, 3.05) is 6.61 Å². The Hall–Kier alpha value is -5.76. The fraction of sp³-hybridized carbons (Fsp3) is 0.120. The standard InChI is InChI=1S/C50H36O/c1-28-22-34-6-4-30-8-14-38(42-18-12-35(23-28)46(34)48(30)42)32-10-16-40-41-17-11-33(27-45(41)50(2,3)44(40)26-32)39-15-9-31-5-7-36-24-29(20-21-51)25-37-13-19-43(39)49(31)47(36)37/h4-19,22-27,51H,20-21H2,1-3H3. The van der Waals surface area contributed by atoms with Crippen molar-refractivity contribution in [2.24, 2.45) is 0 Å². The van der Waals surface area contributed by atoms with E-state index in [1.807, 2.05) is 0 Å². The van der Waals surface area contributed by atoms with Crippen molar-refractivity contribution < 1.29 is 5.11 Å². The number of benzene rings is 10. The summed E-state index contributed by atoms with van der Waals surface area (Å²) in [5, 5.41) is 25.3. The Morgan fingerprint density at radius 1 is 0.431 bits per heavy atom. The average molecular weight is 653 g/mol. The third kappa shape index (κ3) is 3.96. The molecule has 0 fully saturated rings. The molecule has 1 N–H and O–H groups in total. The molecule has 0 aliphatic heterocycles. The Kier molecular flexibility index (Phi) is 5.78. The van der Waals surface area contributed by atoms with Gasteiger partial charge in [0.25, 0.3) is 0 Å². The van der Waals surface area contributed by atoms with Crippen LogP contribution in [0.5, 0.6) is 0 Å². The highest BCUT2D eigenvalue weighted by Gasteiger charge is 2.36. The van der Waals surface area contributed by atoms with Crippen molar-refractivity contribution in [1.82, 2.24) is 0 Å². The van der Waals surface area contributed by atoms with E-state index in [0.717, 1.165) is 0 Å². The molecule has 0 unspecified atom stereocenters. The van der Waals surface area contributed by atoms with Crippen LogP contribution in [0.4, 0.5) is 0 Å². The molecule has 0 heterocycles. The van der Waals surface area contributed by atoms with Crippen LogP contribution in [0, 0.1) is 6.92 Å². The highest BCUT2D eigenvalue weighted by molar-refractivity contribution is 6.27. The van der Waals surface area contributed by atoms with Gasteiger partial charge in [0.15, 0.2) is 0 Å². The van der Waals surface area contributed by atoms with Crippen molar-refractivity contribution in [3.8, 4) is 33.4 Å². The van der Waals surface area contributed by atoms with Gasteiger partial charge in [0.2, 0.25) is 0 Å². The van der Waals surface area contributed by atoms with Crippen LogP contribution in [0.1, 0.15) is 36.1 Å². The summed E-state index contributed by atoms with van der Waals surface area (Å²) in [5.74, 6) is 0. The molecule has 1 nitrogen and oxygen atoms in total. The number of fused-ring (bicyclic) bond motifs is 3. The van der Waals surface area contributed by atoms with Crippen molar-refractivity contribution in [2.45, 2.75) is 32.6 Å². The summed E-state index contributed by atoms with van der Waals surface area (Å²) in [6.07, 6.45) is 0.675. The van der Waals surface area contributed by atoms with E-state index in [1.165, 1.54) is 120 Å². The lowest BCUT2D eigenvalue weighted by molar-refractivity contribution is 0.299. The molecule has 0 bridgehead atoms. The van der Waals surface area contributed by atoms with E-state index in [1.54, 1.807) is 0 Å². The molecule has 0 spiro atoms. The summed E-state index contributed by atoms with van der Waals surface area (Å²) in [7, 11) is 0. The molecular formula is C50H36O. The monoisotopic (exact) mass is 652 g/mol. The number of aliphatic hydroxyl groups is 1. The van der Waals surface area contributed by atoms with Gasteiger partial charge in [-0.15, -0.1) is 0 Å². The minimum absolute atomic E-state index is 0.148. The first-order valence-electron chi connectivity index (χ1n) is 18.2. The Labute approximate surface area is 297 Å². The molecule has 11 rings (SSSR count). The highest BCUT2D eigenvalue weighted by Crippen LogP contribution is 2.52. The Bertz CT molecular complexity index is 3030. The van der Waals surface area contributed by atoms with Crippen molar-refractivity contribution in [3.63, 3.8) is 0 Å². The SMILES string of the molecule is Cc1cc2ccc3ccc(-c4ccc5c(c4)C(C)(C)c4cc(-c6ccc7ccc8cc(CCO)cc9ccc6c7c89)ccc4-5)c4ccc(c1)c2c34. The highest BCUT2D eigenvalue weighted by atomic mass is 16.2. The van der Waals surface area contributed by atoms with Crippen LogP contribution < -0.4 is 0 Å². The van der Waals surface area contributed by atoms with Gasteiger partial charge in [-0.1, -0.05) is 135 Å². The molecule has 0 saturated carbocycles. The smallest absolute Gasteiger partial charge is 0.0471 e. The summed E-state index contributed by atoms with van der Waals surface area (Å²) < 4.78 is 0. The van der Waals surface area contributed by atoms with Gasteiger partial charge in [0, 0.05) is 12.0 Å². The predicted octanol–water partition coefficient (Wildman–Crippen LogP) is 13.0. The average Bonchev–Trinajstić information content (AvgIpc) is 3.37. The van der Waals surface area contributed by atoms with Gasteiger partial charge in [-0.25, -0.2) is 0 Å². The van der Waals surface area contributed by atoms with E-state index in [-0.39, 0.29) is 12.0 Å². The normalized spacial score (nSPS) is 13.8. The van der Waals surface area contributed by atoms with Crippen LogP contribution in [-0.2, 0) is 11.8 Å². The van der Waals surface area contributed by atoms with Crippen LogP contribution in [0.2, 0.25) is 0 Å². The molecule has 10 aromatic rings. The van der Waals surface area contributed by atoms with Crippen LogP contribution in [0.15, 0.2) is 133 Å².